The summed E-state index contributed by atoms with van der Waals surface area (Å²) in [6.45, 7) is 2.47. The number of carbonyl (C=O) groups excluding carboxylic acids is 1. The first-order valence-electron chi connectivity index (χ1n) is 5.36. The van der Waals surface area contributed by atoms with E-state index in [0.29, 0.717) is 12.3 Å². The number of carbonyl (C=O) groups is 1. The van der Waals surface area contributed by atoms with Crippen LogP contribution in [0.2, 0.25) is 0 Å². The Balaban J connectivity index is 2.39. The Morgan fingerprint density at radius 1 is 1.59 bits per heavy atom. The average Bonchev–Trinajstić information content (AvgIpc) is 2.78. The standard InChI is InChI=1S/C12H17NO2S2/c1-3-4-8-17(15)10-12(14)13(2)9-11-6-5-7-16-11/h3-7H,8-10H2,1-2H3. The van der Waals surface area contributed by atoms with E-state index in [4.69, 9.17) is 0 Å². The van der Waals surface area contributed by atoms with Gasteiger partial charge in [-0.2, -0.15) is 0 Å². The first kappa shape index (κ1) is 14.1. The second kappa shape index (κ2) is 7.40. The normalized spacial score (nSPS) is 12.8. The van der Waals surface area contributed by atoms with Gasteiger partial charge in [0.1, 0.15) is 5.75 Å². The summed E-state index contributed by atoms with van der Waals surface area (Å²) in [5, 5.41) is 1.98. The van der Waals surface area contributed by atoms with Crippen molar-refractivity contribution in [1.29, 1.82) is 0 Å². The minimum atomic E-state index is -1.09. The van der Waals surface area contributed by atoms with E-state index in [9.17, 15) is 9.00 Å². The van der Waals surface area contributed by atoms with Crippen molar-refractivity contribution in [2.75, 3.05) is 18.6 Å². The summed E-state index contributed by atoms with van der Waals surface area (Å²) in [5.41, 5.74) is 0. The maximum absolute atomic E-state index is 11.8. The van der Waals surface area contributed by atoms with Crippen molar-refractivity contribution in [1.82, 2.24) is 4.90 Å². The van der Waals surface area contributed by atoms with Crippen molar-refractivity contribution in [3.8, 4) is 0 Å². The topological polar surface area (TPSA) is 37.4 Å². The van der Waals surface area contributed by atoms with Gasteiger partial charge >= 0.3 is 0 Å². The van der Waals surface area contributed by atoms with Gasteiger partial charge in [-0.05, 0) is 18.4 Å². The molecule has 0 bridgehead atoms. The van der Waals surface area contributed by atoms with Crippen LogP contribution in [0.5, 0.6) is 0 Å². The van der Waals surface area contributed by atoms with E-state index in [1.807, 2.05) is 36.6 Å². The van der Waals surface area contributed by atoms with Crippen LogP contribution >= 0.6 is 11.3 Å². The van der Waals surface area contributed by atoms with E-state index in [0.717, 1.165) is 4.88 Å². The van der Waals surface area contributed by atoms with Crippen molar-refractivity contribution in [2.45, 2.75) is 13.5 Å². The zero-order chi connectivity index (χ0) is 12.7. The van der Waals surface area contributed by atoms with Crippen LogP contribution in [-0.2, 0) is 22.1 Å². The zero-order valence-electron chi connectivity index (χ0n) is 10.1. The first-order valence-corrected chi connectivity index (χ1v) is 7.72. The quantitative estimate of drug-likeness (QED) is 0.742. The summed E-state index contributed by atoms with van der Waals surface area (Å²) in [6, 6.07) is 3.95. The Kier molecular flexibility index (Phi) is 6.15. The summed E-state index contributed by atoms with van der Waals surface area (Å²) >= 11 is 1.62. The Hall–Kier alpha value is -0.940. The highest BCUT2D eigenvalue weighted by Gasteiger charge is 2.12. The molecular weight excluding hydrogens is 254 g/mol. The van der Waals surface area contributed by atoms with E-state index < -0.39 is 10.8 Å². The second-order valence-electron chi connectivity index (χ2n) is 3.65. The maximum Gasteiger partial charge on any atom is 0.235 e. The molecule has 1 heterocycles. The van der Waals surface area contributed by atoms with Crippen molar-refractivity contribution >= 4 is 28.0 Å². The molecular formula is C12H17NO2S2. The summed E-state index contributed by atoms with van der Waals surface area (Å²) in [6.07, 6.45) is 3.67. The summed E-state index contributed by atoms with van der Waals surface area (Å²) in [4.78, 5) is 14.5. The Morgan fingerprint density at radius 2 is 2.35 bits per heavy atom. The number of hydrogen-bond donors (Lipinski definition) is 0. The van der Waals surface area contributed by atoms with Crippen molar-refractivity contribution in [2.24, 2.45) is 0 Å². The maximum atomic E-state index is 11.8. The van der Waals surface area contributed by atoms with Crippen LogP contribution in [0.15, 0.2) is 29.7 Å². The molecule has 17 heavy (non-hydrogen) atoms. The van der Waals surface area contributed by atoms with E-state index in [2.05, 4.69) is 0 Å². The lowest BCUT2D eigenvalue weighted by atomic mass is 10.4. The molecule has 0 aliphatic carbocycles. The van der Waals surface area contributed by atoms with Gasteiger partial charge in [-0.3, -0.25) is 9.00 Å². The minimum absolute atomic E-state index is 0.0683. The largest absolute Gasteiger partial charge is 0.340 e. The molecule has 5 heteroatoms. The van der Waals surface area contributed by atoms with Gasteiger partial charge in [0.25, 0.3) is 0 Å². The molecule has 0 spiro atoms. The monoisotopic (exact) mass is 271 g/mol. The molecule has 94 valence electrons. The lowest BCUT2D eigenvalue weighted by Gasteiger charge is -2.15. The third-order valence-electron chi connectivity index (χ3n) is 2.20. The van der Waals surface area contributed by atoms with Gasteiger partial charge in [0.2, 0.25) is 5.91 Å². The molecule has 0 aliphatic rings. The van der Waals surface area contributed by atoms with Gasteiger partial charge in [0.05, 0.1) is 6.54 Å². The molecule has 0 saturated heterocycles. The summed E-state index contributed by atoms with van der Waals surface area (Å²) in [7, 11) is 0.651. The highest BCUT2D eigenvalue weighted by Crippen LogP contribution is 2.10. The van der Waals surface area contributed by atoms with Gasteiger partial charge in [-0.25, -0.2) is 0 Å². The Bertz CT molecular complexity index is 399. The predicted molar refractivity (Wildman–Crippen MR) is 73.5 cm³/mol. The van der Waals surface area contributed by atoms with Crippen LogP contribution in [0.3, 0.4) is 0 Å². The fraction of sp³-hybridized carbons (Fsp3) is 0.417. The number of rotatable bonds is 6. The number of nitrogens with zero attached hydrogens (tertiary/aromatic N) is 1. The molecule has 0 aromatic carbocycles. The Labute approximate surface area is 109 Å². The van der Waals surface area contributed by atoms with Gasteiger partial charge < -0.3 is 4.90 Å². The molecule has 0 aliphatic heterocycles. The molecule has 3 nitrogen and oxygen atoms in total. The third kappa shape index (κ3) is 5.28. The van der Waals surface area contributed by atoms with E-state index in [1.54, 1.807) is 23.3 Å². The summed E-state index contributed by atoms with van der Waals surface area (Å²) < 4.78 is 11.5. The van der Waals surface area contributed by atoms with Crippen LogP contribution in [0, 0.1) is 0 Å². The van der Waals surface area contributed by atoms with E-state index in [-0.39, 0.29) is 11.7 Å². The molecule has 0 N–H and O–H groups in total. The molecule has 0 fully saturated rings. The zero-order valence-corrected chi connectivity index (χ0v) is 11.7. The molecule has 1 amide bonds. The Morgan fingerprint density at radius 3 is 2.94 bits per heavy atom. The number of hydrogen-bond acceptors (Lipinski definition) is 3. The van der Waals surface area contributed by atoms with Crippen molar-refractivity contribution in [3.05, 3.63) is 34.5 Å². The number of allylic oxidation sites excluding steroid dienone is 1. The van der Waals surface area contributed by atoms with Crippen LogP contribution < -0.4 is 0 Å². The highest BCUT2D eigenvalue weighted by molar-refractivity contribution is 7.85. The van der Waals surface area contributed by atoms with Crippen LogP contribution in [0.1, 0.15) is 11.8 Å². The fourth-order valence-corrected chi connectivity index (χ4v) is 3.01. The number of thiophene rings is 1. The van der Waals surface area contributed by atoms with Gasteiger partial charge in [-0.1, -0.05) is 18.2 Å². The van der Waals surface area contributed by atoms with Gasteiger partial charge in [0, 0.05) is 28.5 Å². The van der Waals surface area contributed by atoms with Crippen LogP contribution in [0.4, 0.5) is 0 Å². The molecule has 1 unspecified atom stereocenters. The fourth-order valence-electron chi connectivity index (χ4n) is 1.23. The van der Waals surface area contributed by atoms with Crippen LogP contribution in [0.25, 0.3) is 0 Å². The minimum Gasteiger partial charge on any atom is -0.340 e. The molecule has 0 saturated carbocycles. The number of amides is 1. The third-order valence-corrected chi connectivity index (χ3v) is 4.20. The molecule has 0 radical (unpaired) electrons. The highest BCUT2D eigenvalue weighted by atomic mass is 32.2. The summed E-state index contributed by atoms with van der Waals surface area (Å²) in [5.74, 6) is 0.489. The van der Waals surface area contributed by atoms with E-state index >= 15 is 0 Å². The average molecular weight is 271 g/mol. The first-order chi connectivity index (χ1) is 8.13. The van der Waals surface area contributed by atoms with Crippen LogP contribution in [-0.4, -0.2) is 33.6 Å². The van der Waals surface area contributed by atoms with Gasteiger partial charge in [-0.15, -0.1) is 11.3 Å². The molecule has 1 atom stereocenters. The molecule has 1 aromatic heterocycles. The second-order valence-corrected chi connectivity index (χ2v) is 6.18. The predicted octanol–water partition coefficient (Wildman–Crippen LogP) is 2.03. The van der Waals surface area contributed by atoms with Gasteiger partial charge in [0.15, 0.2) is 0 Å². The van der Waals surface area contributed by atoms with E-state index in [1.165, 1.54) is 0 Å². The molecule has 1 aromatic rings. The lowest BCUT2D eigenvalue weighted by molar-refractivity contribution is -0.127. The SMILES string of the molecule is CC=CCS(=O)CC(=O)N(C)Cc1cccs1. The lowest BCUT2D eigenvalue weighted by Crippen LogP contribution is -2.30. The molecule has 1 rings (SSSR count). The van der Waals surface area contributed by atoms with Crippen molar-refractivity contribution < 1.29 is 9.00 Å². The van der Waals surface area contributed by atoms with Crippen molar-refractivity contribution in [3.63, 3.8) is 0 Å². The smallest absolute Gasteiger partial charge is 0.235 e.